The third kappa shape index (κ3) is 7.07. The molecule has 0 saturated carbocycles. The minimum atomic E-state index is -5.00. The number of benzene rings is 4. The maximum atomic E-state index is 12.6. The molecule has 0 aromatic heterocycles. The Morgan fingerprint density at radius 1 is 0.826 bits per heavy atom. The van der Waals surface area contributed by atoms with Gasteiger partial charge in [-0.3, -0.25) is 9.11 Å². The van der Waals surface area contributed by atoms with Gasteiger partial charge in [0.25, 0.3) is 20.2 Å². The van der Waals surface area contributed by atoms with Crippen LogP contribution in [0.3, 0.4) is 0 Å². The van der Waals surface area contributed by atoms with E-state index in [9.17, 15) is 36.2 Å². The molecule has 3 aromatic carbocycles. The van der Waals surface area contributed by atoms with Crippen molar-refractivity contribution in [3.05, 3.63) is 84.2 Å². The first-order chi connectivity index (χ1) is 21.8. The molecule has 0 saturated heterocycles. The SMILES string of the molecule is CC(C)Oc1ccccc1Nc1ccc2c(-c3ccc(S(=O)(=O)O)cc3S(=O)(=O)O)c3ccc(=[N+](CCO)CCO)cc-3oc2c1. The molecule has 0 bridgehead atoms. The molecule has 0 radical (unpaired) electrons. The molecule has 3 aromatic rings. The van der Waals surface area contributed by atoms with E-state index in [-0.39, 0.29) is 38.0 Å². The number of ether oxygens (including phenoxy) is 1. The normalized spacial score (nSPS) is 12.2. The van der Waals surface area contributed by atoms with Crippen LogP contribution in [-0.2, 0) is 20.2 Å². The predicted molar refractivity (Wildman–Crippen MR) is 173 cm³/mol. The van der Waals surface area contributed by atoms with Gasteiger partial charge in [0.15, 0.2) is 13.1 Å². The highest BCUT2D eigenvalue weighted by atomic mass is 32.2. The summed E-state index contributed by atoms with van der Waals surface area (Å²) in [5, 5.41) is 23.5. The number of hydrogen-bond acceptors (Lipinski definition) is 9. The van der Waals surface area contributed by atoms with Gasteiger partial charge in [-0.25, -0.2) is 4.58 Å². The zero-order valence-electron chi connectivity index (χ0n) is 24.9. The van der Waals surface area contributed by atoms with Gasteiger partial charge in [0, 0.05) is 39.9 Å². The van der Waals surface area contributed by atoms with Crippen LogP contribution in [0.5, 0.6) is 5.75 Å². The van der Waals surface area contributed by atoms with Crippen LogP contribution in [0.15, 0.2) is 93.1 Å². The second-order valence-electron chi connectivity index (χ2n) is 10.7. The van der Waals surface area contributed by atoms with E-state index in [1.165, 1.54) is 6.07 Å². The summed E-state index contributed by atoms with van der Waals surface area (Å²) in [6.45, 7) is 3.93. The molecule has 0 unspecified atom stereocenters. The van der Waals surface area contributed by atoms with Crippen molar-refractivity contribution < 1.29 is 45.3 Å². The maximum absolute atomic E-state index is 12.6. The van der Waals surface area contributed by atoms with E-state index >= 15 is 0 Å². The Labute approximate surface area is 265 Å². The van der Waals surface area contributed by atoms with Gasteiger partial charge in [0.05, 0.1) is 22.8 Å². The largest absolute Gasteiger partial charge is 0.489 e. The van der Waals surface area contributed by atoms with Gasteiger partial charge in [-0.05, 0) is 56.3 Å². The topological polar surface area (TPSA) is 187 Å². The second kappa shape index (κ2) is 13.2. The molecule has 1 aliphatic heterocycles. The molecule has 46 heavy (non-hydrogen) atoms. The first kappa shape index (κ1) is 33.1. The fraction of sp³-hybridized carbons (Fsp3) is 0.219. The zero-order chi connectivity index (χ0) is 33.2. The zero-order valence-corrected chi connectivity index (χ0v) is 26.5. The summed E-state index contributed by atoms with van der Waals surface area (Å²) in [5.74, 6) is 0.921. The summed E-state index contributed by atoms with van der Waals surface area (Å²) in [6.07, 6.45) is -0.0712. The van der Waals surface area contributed by atoms with Crippen molar-refractivity contribution >= 4 is 42.6 Å². The van der Waals surface area contributed by atoms with Crippen LogP contribution in [0, 0.1) is 0 Å². The number of aliphatic hydroxyl groups is 2. The molecule has 0 spiro atoms. The number of nitrogens with one attached hydrogen (secondary N) is 1. The van der Waals surface area contributed by atoms with Gasteiger partial charge < -0.3 is 24.7 Å². The van der Waals surface area contributed by atoms with Crippen molar-refractivity contribution in [2.24, 2.45) is 0 Å². The molecule has 5 N–H and O–H groups in total. The summed E-state index contributed by atoms with van der Waals surface area (Å²) < 4.78 is 82.8. The van der Waals surface area contributed by atoms with E-state index in [0.29, 0.717) is 56.4 Å². The molecule has 1 aliphatic carbocycles. The lowest BCUT2D eigenvalue weighted by molar-refractivity contribution is 0.244. The van der Waals surface area contributed by atoms with Crippen molar-refractivity contribution in [2.75, 3.05) is 31.6 Å². The molecule has 1 heterocycles. The molecule has 0 amide bonds. The van der Waals surface area contributed by atoms with Crippen molar-refractivity contribution in [3.63, 3.8) is 0 Å². The summed E-state index contributed by atoms with van der Waals surface area (Å²) in [6, 6.07) is 20.5. The van der Waals surface area contributed by atoms with Gasteiger partial charge >= 0.3 is 0 Å². The highest BCUT2D eigenvalue weighted by Gasteiger charge is 2.26. The summed E-state index contributed by atoms with van der Waals surface area (Å²) in [4.78, 5) is -1.44. The van der Waals surface area contributed by atoms with Crippen LogP contribution < -0.4 is 20.0 Å². The van der Waals surface area contributed by atoms with Crippen molar-refractivity contribution in [3.8, 4) is 28.2 Å². The number of aliphatic hydroxyl groups excluding tert-OH is 2. The molecule has 242 valence electrons. The molecule has 2 aliphatic rings. The van der Waals surface area contributed by atoms with E-state index in [1.807, 2.05) is 38.1 Å². The van der Waals surface area contributed by atoms with Gasteiger partial charge in [0.1, 0.15) is 35.2 Å². The van der Waals surface area contributed by atoms with Crippen LogP contribution in [0.4, 0.5) is 11.4 Å². The minimum absolute atomic E-state index is 0.0348. The van der Waals surface area contributed by atoms with Crippen molar-refractivity contribution in [2.45, 2.75) is 29.7 Å². The Morgan fingerprint density at radius 2 is 1.52 bits per heavy atom. The standard InChI is InChI=1S/C32H32N2O10S2/c1-20(2)43-28-6-4-3-5-27(28)33-21-7-10-24-29(17-21)44-30-18-22(34(13-15-35)14-16-36)8-11-25(30)32(24)26-12-9-23(45(37,38)39)19-31(26)46(40,41)42/h3-12,17-20,35-36H,13-16H2,1-2H3,(H2,37,38,39,40,41,42)/p+1. The number of anilines is 2. The third-order valence-electron chi connectivity index (χ3n) is 7.14. The van der Waals surface area contributed by atoms with Gasteiger partial charge in [-0.2, -0.15) is 16.8 Å². The number of nitrogens with zero attached hydrogens (tertiary/aromatic N) is 1. The maximum Gasteiger partial charge on any atom is 0.295 e. The van der Waals surface area contributed by atoms with Crippen molar-refractivity contribution in [1.29, 1.82) is 0 Å². The van der Waals surface area contributed by atoms with Crippen LogP contribution in [0.1, 0.15) is 13.8 Å². The third-order valence-corrected chi connectivity index (χ3v) is 8.88. The van der Waals surface area contributed by atoms with E-state index in [1.54, 1.807) is 41.0 Å². The Hall–Kier alpha value is -4.31. The lowest BCUT2D eigenvalue weighted by atomic mass is 9.93. The quantitative estimate of drug-likeness (QED) is 0.0778. The number of rotatable bonds is 11. The lowest BCUT2D eigenvalue weighted by Gasteiger charge is -2.19. The summed E-state index contributed by atoms with van der Waals surface area (Å²) in [5.41, 5.74) is 2.30. The monoisotopic (exact) mass is 669 g/mol. The molecular formula is C32H33N2O10S2+. The Kier molecular flexibility index (Phi) is 9.49. The van der Waals surface area contributed by atoms with Gasteiger partial charge in [-0.15, -0.1) is 0 Å². The first-order valence-electron chi connectivity index (χ1n) is 14.2. The van der Waals surface area contributed by atoms with E-state index in [0.717, 1.165) is 6.07 Å². The van der Waals surface area contributed by atoms with E-state index in [4.69, 9.17) is 9.15 Å². The number of hydrogen-bond donors (Lipinski definition) is 5. The van der Waals surface area contributed by atoms with Gasteiger partial charge in [-0.1, -0.05) is 18.2 Å². The molecule has 14 heteroatoms. The Balaban J connectivity index is 1.82. The van der Waals surface area contributed by atoms with Crippen LogP contribution >= 0.6 is 0 Å². The average Bonchev–Trinajstić information content (AvgIpc) is 2.99. The fourth-order valence-electron chi connectivity index (χ4n) is 5.22. The fourth-order valence-corrected chi connectivity index (χ4v) is 6.53. The molecular weight excluding hydrogens is 636 g/mol. The Bertz CT molecular complexity index is 2170. The average molecular weight is 670 g/mol. The Morgan fingerprint density at radius 3 is 2.17 bits per heavy atom. The minimum Gasteiger partial charge on any atom is -0.489 e. The molecule has 0 fully saturated rings. The van der Waals surface area contributed by atoms with Crippen LogP contribution in [0.2, 0.25) is 0 Å². The van der Waals surface area contributed by atoms with Crippen LogP contribution in [0.25, 0.3) is 33.4 Å². The lowest BCUT2D eigenvalue weighted by Crippen LogP contribution is -2.34. The first-order valence-corrected chi connectivity index (χ1v) is 17.1. The summed E-state index contributed by atoms with van der Waals surface area (Å²) in [7, 11) is -9.80. The van der Waals surface area contributed by atoms with E-state index in [2.05, 4.69) is 5.32 Å². The highest BCUT2D eigenvalue weighted by Crippen LogP contribution is 2.43. The second-order valence-corrected chi connectivity index (χ2v) is 13.5. The van der Waals surface area contributed by atoms with Crippen LogP contribution in [-0.4, -0.2) is 68.6 Å². The smallest absolute Gasteiger partial charge is 0.295 e. The van der Waals surface area contributed by atoms with E-state index < -0.39 is 30.0 Å². The number of para-hydroxylation sites is 2. The van der Waals surface area contributed by atoms with Crippen molar-refractivity contribution in [1.82, 2.24) is 4.58 Å². The molecule has 5 rings (SSSR count). The highest BCUT2D eigenvalue weighted by molar-refractivity contribution is 7.86. The molecule has 0 atom stereocenters. The number of fused-ring (bicyclic) bond motifs is 2. The summed E-state index contributed by atoms with van der Waals surface area (Å²) >= 11 is 0. The predicted octanol–water partition coefficient (Wildman–Crippen LogP) is 3.99. The van der Waals surface area contributed by atoms with Gasteiger partial charge in [0.2, 0.25) is 5.36 Å². The molecule has 12 nitrogen and oxygen atoms in total.